The molecule has 1 N–H and O–H groups in total. The second-order valence-corrected chi connectivity index (χ2v) is 6.57. The fourth-order valence-electron chi connectivity index (χ4n) is 2.27. The molecule has 2 unspecified atom stereocenters. The highest BCUT2D eigenvalue weighted by Crippen LogP contribution is 2.35. The Morgan fingerprint density at radius 3 is 2.75 bits per heavy atom. The molecule has 88 valence electrons. The molecule has 0 aromatic heterocycles. The standard InChI is InChI=1S/C12H17NO2S/c1-3-13-11-8-9(2)16(14,15)12-7-5-4-6-10(11)12/h4-7,9,11,13H,3,8H2,1-2H3. The van der Waals surface area contributed by atoms with Crippen LogP contribution in [0.4, 0.5) is 0 Å². The van der Waals surface area contributed by atoms with E-state index >= 15 is 0 Å². The molecule has 0 aliphatic carbocycles. The summed E-state index contributed by atoms with van der Waals surface area (Å²) in [6.45, 7) is 4.68. The maximum Gasteiger partial charge on any atom is 0.181 e. The van der Waals surface area contributed by atoms with E-state index in [2.05, 4.69) is 5.32 Å². The Morgan fingerprint density at radius 2 is 2.06 bits per heavy atom. The van der Waals surface area contributed by atoms with Gasteiger partial charge < -0.3 is 5.32 Å². The molecule has 3 nitrogen and oxygen atoms in total. The van der Waals surface area contributed by atoms with Crippen LogP contribution in [0.2, 0.25) is 0 Å². The molecule has 16 heavy (non-hydrogen) atoms. The van der Waals surface area contributed by atoms with Gasteiger partial charge in [-0.2, -0.15) is 0 Å². The first-order valence-corrected chi connectivity index (χ1v) is 7.18. The Balaban J connectivity index is 2.54. The molecular weight excluding hydrogens is 222 g/mol. The van der Waals surface area contributed by atoms with Gasteiger partial charge in [0, 0.05) is 6.04 Å². The van der Waals surface area contributed by atoms with Crippen molar-refractivity contribution >= 4 is 9.84 Å². The summed E-state index contributed by atoms with van der Waals surface area (Å²) in [5, 5.41) is 3.04. The third-order valence-electron chi connectivity index (χ3n) is 3.15. The van der Waals surface area contributed by atoms with Crippen LogP contribution in [0.15, 0.2) is 29.2 Å². The highest BCUT2D eigenvalue weighted by atomic mass is 32.2. The number of sulfone groups is 1. The molecule has 1 heterocycles. The third-order valence-corrected chi connectivity index (χ3v) is 5.39. The lowest BCUT2D eigenvalue weighted by atomic mass is 10.0. The quantitative estimate of drug-likeness (QED) is 0.857. The van der Waals surface area contributed by atoms with E-state index < -0.39 is 9.84 Å². The van der Waals surface area contributed by atoms with Crippen LogP contribution in [-0.4, -0.2) is 20.2 Å². The smallest absolute Gasteiger partial charge is 0.181 e. The van der Waals surface area contributed by atoms with Crippen LogP contribution >= 0.6 is 0 Å². The van der Waals surface area contributed by atoms with Gasteiger partial charge in [-0.05, 0) is 31.5 Å². The van der Waals surface area contributed by atoms with Gasteiger partial charge in [0.25, 0.3) is 0 Å². The maximum atomic E-state index is 12.1. The molecule has 0 bridgehead atoms. The molecule has 2 rings (SSSR count). The Hall–Kier alpha value is -0.870. The molecule has 1 aliphatic heterocycles. The van der Waals surface area contributed by atoms with Crippen molar-refractivity contribution in [3.8, 4) is 0 Å². The fraction of sp³-hybridized carbons (Fsp3) is 0.500. The van der Waals surface area contributed by atoms with Crippen molar-refractivity contribution in [1.82, 2.24) is 5.32 Å². The van der Waals surface area contributed by atoms with Gasteiger partial charge in [-0.15, -0.1) is 0 Å². The zero-order chi connectivity index (χ0) is 11.8. The number of hydrogen-bond acceptors (Lipinski definition) is 3. The van der Waals surface area contributed by atoms with Crippen LogP contribution in [0.3, 0.4) is 0 Å². The van der Waals surface area contributed by atoms with E-state index in [4.69, 9.17) is 0 Å². The van der Waals surface area contributed by atoms with Gasteiger partial charge in [-0.1, -0.05) is 25.1 Å². The van der Waals surface area contributed by atoms with Crippen LogP contribution in [0.1, 0.15) is 31.9 Å². The summed E-state index contributed by atoms with van der Waals surface area (Å²) in [6.07, 6.45) is 0.660. The third kappa shape index (κ3) is 1.76. The van der Waals surface area contributed by atoms with E-state index in [-0.39, 0.29) is 11.3 Å². The zero-order valence-corrected chi connectivity index (χ0v) is 10.4. The summed E-state index contributed by atoms with van der Waals surface area (Å²) in [6, 6.07) is 7.47. The molecular formula is C12H17NO2S. The lowest BCUT2D eigenvalue weighted by Gasteiger charge is -2.30. The first-order valence-electron chi connectivity index (χ1n) is 5.63. The average Bonchev–Trinajstić information content (AvgIpc) is 2.27. The van der Waals surface area contributed by atoms with Crippen molar-refractivity contribution in [2.75, 3.05) is 6.54 Å². The van der Waals surface area contributed by atoms with E-state index in [1.54, 1.807) is 19.1 Å². The molecule has 1 aromatic rings. The van der Waals surface area contributed by atoms with Crippen molar-refractivity contribution in [3.05, 3.63) is 29.8 Å². The number of nitrogens with one attached hydrogen (secondary N) is 1. The molecule has 1 aromatic carbocycles. The molecule has 0 radical (unpaired) electrons. The molecule has 0 fully saturated rings. The molecule has 2 atom stereocenters. The summed E-state index contributed by atoms with van der Waals surface area (Å²) >= 11 is 0. The van der Waals surface area contributed by atoms with Crippen LogP contribution < -0.4 is 5.32 Å². The molecule has 0 saturated heterocycles. The van der Waals surface area contributed by atoms with E-state index in [1.807, 2.05) is 19.1 Å². The Labute approximate surface area is 96.8 Å². The number of benzene rings is 1. The number of hydrogen-bond donors (Lipinski definition) is 1. The lowest BCUT2D eigenvalue weighted by Crippen LogP contribution is -2.34. The van der Waals surface area contributed by atoms with E-state index in [0.29, 0.717) is 11.3 Å². The van der Waals surface area contributed by atoms with Crippen LogP contribution in [0.25, 0.3) is 0 Å². The Kier molecular flexibility index (Phi) is 3.04. The monoisotopic (exact) mass is 239 g/mol. The van der Waals surface area contributed by atoms with Crippen LogP contribution in [0, 0.1) is 0 Å². The lowest BCUT2D eigenvalue weighted by molar-refractivity contribution is 0.473. The first-order chi connectivity index (χ1) is 7.57. The Morgan fingerprint density at radius 1 is 1.38 bits per heavy atom. The average molecular weight is 239 g/mol. The first kappa shape index (κ1) is 11.6. The SMILES string of the molecule is CCNC1CC(C)S(=O)(=O)c2ccccc21. The molecule has 1 aliphatic rings. The minimum Gasteiger partial charge on any atom is -0.310 e. The second kappa shape index (κ2) is 4.18. The van der Waals surface area contributed by atoms with Gasteiger partial charge in [-0.25, -0.2) is 8.42 Å². The number of rotatable bonds is 2. The van der Waals surface area contributed by atoms with E-state index in [1.165, 1.54) is 0 Å². The molecule has 0 saturated carbocycles. The molecule has 0 amide bonds. The van der Waals surface area contributed by atoms with Gasteiger partial charge >= 0.3 is 0 Å². The largest absolute Gasteiger partial charge is 0.310 e. The minimum atomic E-state index is -3.11. The summed E-state index contributed by atoms with van der Waals surface area (Å²) in [5.74, 6) is 0. The van der Waals surface area contributed by atoms with Crippen molar-refractivity contribution in [2.24, 2.45) is 0 Å². The molecule has 0 spiro atoms. The highest BCUT2D eigenvalue weighted by Gasteiger charge is 2.35. The summed E-state index contributed by atoms with van der Waals surface area (Å²) in [4.78, 5) is 0.500. The van der Waals surface area contributed by atoms with Crippen molar-refractivity contribution in [3.63, 3.8) is 0 Å². The van der Waals surface area contributed by atoms with Gasteiger partial charge in [-0.3, -0.25) is 0 Å². The second-order valence-electron chi connectivity index (χ2n) is 4.24. The normalized spacial score (nSPS) is 27.4. The summed E-state index contributed by atoms with van der Waals surface area (Å²) in [5.41, 5.74) is 0.919. The predicted octanol–water partition coefficient (Wildman–Crippen LogP) is 1.90. The van der Waals surface area contributed by atoms with Crippen molar-refractivity contribution < 1.29 is 8.42 Å². The zero-order valence-electron chi connectivity index (χ0n) is 9.60. The van der Waals surface area contributed by atoms with Crippen LogP contribution in [-0.2, 0) is 9.84 Å². The van der Waals surface area contributed by atoms with Gasteiger partial charge in [0.2, 0.25) is 0 Å². The van der Waals surface area contributed by atoms with Gasteiger partial charge in [0.05, 0.1) is 10.1 Å². The fourth-order valence-corrected chi connectivity index (χ4v) is 3.96. The predicted molar refractivity (Wildman–Crippen MR) is 64.1 cm³/mol. The number of fused-ring (bicyclic) bond motifs is 1. The topological polar surface area (TPSA) is 46.2 Å². The Bertz CT molecular complexity index is 482. The summed E-state index contributed by atoms with van der Waals surface area (Å²) in [7, 11) is -3.11. The van der Waals surface area contributed by atoms with Crippen molar-refractivity contribution in [1.29, 1.82) is 0 Å². The maximum absolute atomic E-state index is 12.1. The van der Waals surface area contributed by atoms with E-state index in [9.17, 15) is 8.42 Å². The van der Waals surface area contributed by atoms with Gasteiger partial charge in [0.1, 0.15) is 0 Å². The molecule has 4 heteroatoms. The van der Waals surface area contributed by atoms with Gasteiger partial charge in [0.15, 0.2) is 9.84 Å². The summed E-state index contributed by atoms with van der Waals surface area (Å²) < 4.78 is 24.3. The minimum absolute atomic E-state index is 0.166. The van der Waals surface area contributed by atoms with E-state index in [0.717, 1.165) is 12.1 Å². The highest BCUT2D eigenvalue weighted by molar-refractivity contribution is 7.92. The van der Waals surface area contributed by atoms with Crippen LogP contribution in [0.5, 0.6) is 0 Å². The van der Waals surface area contributed by atoms with Crippen molar-refractivity contribution in [2.45, 2.75) is 36.5 Å².